The van der Waals surface area contributed by atoms with E-state index < -0.39 is 11.0 Å². The van der Waals surface area contributed by atoms with Gasteiger partial charge in [0.25, 0.3) is 5.91 Å². The molecule has 0 aliphatic rings. The Morgan fingerprint density at radius 3 is 2.36 bits per heavy atom. The highest BCUT2D eigenvalue weighted by Crippen LogP contribution is 2.27. The zero-order chi connectivity index (χ0) is 16.1. The fraction of sp³-hybridized carbons (Fsp3) is 0.188. The molecule has 22 heavy (non-hydrogen) atoms. The van der Waals surface area contributed by atoms with Gasteiger partial charge < -0.3 is 9.64 Å². The average molecular weight is 300 g/mol. The lowest BCUT2D eigenvalue weighted by molar-refractivity contribution is -0.386. The third-order valence-corrected chi connectivity index (χ3v) is 3.19. The molecule has 1 amide bonds. The molecule has 6 heteroatoms. The number of ether oxygens (including phenoxy) is 1. The summed E-state index contributed by atoms with van der Waals surface area (Å²) in [6.07, 6.45) is -0.841. The summed E-state index contributed by atoms with van der Waals surface area (Å²) < 4.78 is 5.48. The Hall–Kier alpha value is -2.89. The molecule has 2 aromatic rings. The first kappa shape index (κ1) is 15.5. The van der Waals surface area contributed by atoms with Crippen LogP contribution in [0.3, 0.4) is 0 Å². The minimum Gasteiger partial charge on any atom is -0.474 e. The Morgan fingerprint density at radius 1 is 1.14 bits per heavy atom. The normalized spacial score (nSPS) is 11.5. The number of nitro benzene ring substituents is 1. The summed E-state index contributed by atoms with van der Waals surface area (Å²) in [5.41, 5.74) is 0.565. The van der Waals surface area contributed by atoms with Crippen LogP contribution in [0.2, 0.25) is 0 Å². The molecule has 0 spiro atoms. The number of likely N-dealkylation sites (N-methyl/N-ethyl adjacent to an activating group) is 1. The minimum absolute atomic E-state index is 0.0785. The lowest BCUT2D eigenvalue weighted by Gasteiger charge is -2.22. The molecular weight excluding hydrogens is 284 g/mol. The summed E-state index contributed by atoms with van der Waals surface area (Å²) in [5, 5.41) is 11.0. The number of carbonyl (C=O) groups excluding carboxylic acids is 1. The summed E-state index contributed by atoms with van der Waals surface area (Å²) in [4.78, 5) is 24.2. The first-order valence-corrected chi connectivity index (χ1v) is 6.73. The number of para-hydroxylation sites is 3. The topological polar surface area (TPSA) is 72.7 Å². The molecule has 2 rings (SSSR count). The molecule has 0 aromatic heterocycles. The number of rotatable bonds is 5. The van der Waals surface area contributed by atoms with Crippen molar-refractivity contribution < 1.29 is 14.5 Å². The van der Waals surface area contributed by atoms with Gasteiger partial charge in [0.15, 0.2) is 11.9 Å². The number of nitro groups is 1. The number of anilines is 1. The van der Waals surface area contributed by atoms with E-state index in [0.717, 1.165) is 5.69 Å². The van der Waals surface area contributed by atoms with E-state index in [1.54, 1.807) is 38.2 Å². The predicted octanol–water partition coefficient (Wildman–Crippen LogP) is 3.03. The summed E-state index contributed by atoms with van der Waals surface area (Å²) in [6, 6.07) is 15.1. The van der Waals surface area contributed by atoms with Crippen LogP contribution in [0.15, 0.2) is 54.6 Å². The van der Waals surface area contributed by atoms with E-state index in [1.165, 1.54) is 17.0 Å². The van der Waals surface area contributed by atoms with Gasteiger partial charge in [-0.3, -0.25) is 14.9 Å². The minimum atomic E-state index is -0.841. The van der Waals surface area contributed by atoms with Crippen molar-refractivity contribution in [3.8, 4) is 5.75 Å². The van der Waals surface area contributed by atoms with Gasteiger partial charge in [-0.1, -0.05) is 30.3 Å². The summed E-state index contributed by atoms with van der Waals surface area (Å²) in [7, 11) is 1.64. The molecule has 0 heterocycles. The SMILES string of the molecule is CC(Oc1ccccc1[N+](=O)[O-])C(=O)N(C)c1ccccc1. The third-order valence-electron chi connectivity index (χ3n) is 3.19. The Morgan fingerprint density at radius 2 is 1.73 bits per heavy atom. The van der Waals surface area contributed by atoms with Gasteiger partial charge in [0.2, 0.25) is 0 Å². The van der Waals surface area contributed by atoms with Gasteiger partial charge in [-0.15, -0.1) is 0 Å². The summed E-state index contributed by atoms with van der Waals surface area (Å²) in [5.74, 6) is -0.209. The molecule has 0 N–H and O–H groups in total. The van der Waals surface area contributed by atoms with Gasteiger partial charge in [0.05, 0.1) is 4.92 Å². The van der Waals surface area contributed by atoms with E-state index >= 15 is 0 Å². The maximum absolute atomic E-state index is 12.4. The van der Waals surface area contributed by atoms with E-state index in [-0.39, 0.29) is 17.3 Å². The molecule has 0 saturated carbocycles. The van der Waals surface area contributed by atoms with E-state index in [1.807, 2.05) is 18.2 Å². The second-order valence-electron chi connectivity index (χ2n) is 4.72. The molecule has 0 fully saturated rings. The maximum Gasteiger partial charge on any atom is 0.310 e. The molecule has 0 aliphatic heterocycles. The lowest BCUT2D eigenvalue weighted by Crippen LogP contribution is -2.38. The zero-order valence-electron chi connectivity index (χ0n) is 12.3. The number of hydrogen-bond acceptors (Lipinski definition) is 4. The third kappa shape index (κ3) is 3.41. The van der Waals surface area contributed by atoms with Crippen LogP contribution < -0.4 is 9.64 Å². The van der Waals surface area contributed by atoms with Crippen molar-refractivity contribution >= 4 is 17.3 Å². The lowest BCUT2D eigenvalue weighted by atomic mass is 10.2. The molecule has 6 nitrogen and oxygen atoms in total. The van der Waals surface area contributed by atoms with Crippen molar-refractivity contribution in [3.05, 3.63) is 64.7 Å². The molecule has 0 aliphatic carbocycles. The highest BCUT2D eigenvalue weighted by molar-refractivity contribution is 5.96. The fourth-order valence-electron chi connectivity index (χ4n) is 2.00. The monoisotopic (exact) mass is 300 g/mol. The number of hydrogen-bond donors (Lipinski definition) is 0. The number of nitrogens with zero attached hydrogens (tertiary/aromatic N) is 2. The van der Waals surface area contributed by atoms with Crippen LogP contribution in [-0.4, -0.2) is 24.0 Å². The Labute approximate surface area is 128 Å². The first-order valence-electron chi connectivity index (χ1n) is 6.73. The van der Waals surface area contributed by atoms with Gasteiger partial charge in [0.1, 0.15) is 0 Å². The van der Waals surface area contributed by atoms with Crippen molar-refractivity contribution in [1.82, 2.24) is 0 Å². The fourth-order valence-corrected chi connectivity index (χ4v) is 2.00. The van der Waals surface area contributed by atoms with E-state index in [0.29, 0.717) is 0 Å². The van der Waals surface area contributed by atoms with Crippen LogP contribution in [-0.2, 0) is 4.79 Å². The van der Waals surface area contributed by atoms with Crippen molar-refractivity contribution in [2.45, 2.75) is 13.0 Å². The van der Waals surface area contributed by atoms with Crippen LogP contribution in [0, 0.1) is 10.1 Å². The van der Waals surface area contributed by atoms with Gasteiger partial charge in [-0.05, 0) is 25.1 Å². The summed E-state index contributed by atoms with van der Waals surface area (Å²) in [6.45, 7) is 1.57. The Bertz CT molecular complexity index is 673. The molecule has 0 radical (unpaired) electrons. The Balaban J connectivity index is 2.14. The number of benzene rings is 2. The maximum atomic E-state index is 12.4. The molecule has 114 valence electrons. The smallest absolute Gasteiger partial charge is 0.310 e. The molecule has 1 unspecified atom stereocenters. The highest BCUT2D eigenvalue weighted by atomic mass is 16.6. The van der Waals surface area contributed by atoms with Crippen molar-refractivity contribution in [1.29, 1.82) is 0 Å². The van der Waals surface area contributed by atoms with Crippen LogP contribution in [0.25, 0.3) is 0 Å². The Kier molecular flexibility index (Phi) is 4.73. The first-order chi connectivity index (χ1) is 10.5. The zero-order valence-corrected chi connectivity index (χ0v) is 12.3. The quantitative estimate of drug-likeness (QED) is 0.628. The number of carbonyl (C=O) groups is 1. The molecule has 0 saturated heterocycles. The van der Waals surface area contributed by atoms with Crippen molar-refractivity contribution in [3.63, 3.8) is 0 Å². The van der Waals surface area contributed by atoms with E-state index in [9.17, 15) is 14.9 Å². The predicted molar refractivity (Wildman–Crippen MR) is 83.0 cm³/mol. The van der Waals surface area contributed by atoms with Gasteiger partial charge in [-0.25, -0.2) is 0 Å². The molecule has 0 bridgehead atoms. The van der Waals surface area contributed by atoms with Crippen LogP contribution in [0.4, 0.5) is 11.4 Å². The van der Waals surface area contributed by atoms with Gasteiger partial charge in [-0.2, -0.15) is 0 Å². The largest absolute Gasteiger partial charge is 0.474 e. The second-order valence-corrected chi connectivity index (χ2v) is 4.72. The van der Waals surface area contributed by atoms with Crippen molar-refractivity contribution in [2.75, 3.05) is 11.9 Å². The standard InChI is InChI=1S/C16H16N2O4/c1-12(16(19)17(2)13-8-4-3-5-9-13)22-15-11-7-6-10-14(15)18(20)21/h3-12H,1-2H3. The van der Waals surface area contributed by atoms with E-state index in [4.69, 9.17) is 4.74 Å². The average Bonchev–Trinajstić information content (AvgIpc) is 2.54. The van der Waals surface area contributed by atoms with Crippen LogP contribution in [0.1, 0.15) is 6.92 Å². The van der Waals surface area contributed by atoms with Gasteiger partial charge in [0, 0.05) is 18.8 Å². The van der Waals surface area contributed by atoms with Gasteiger partial charge >= 0.3 is 5.69 Å². The molecular formula is C16H16N2O4. The number of amides is 1. The second kappa shape index (κ2) is 6.71. The molecule has 1 atom stereocenters. The van der Waals surface area contributed by atoms with Crippen LogP contribution >= 0.6 is 0 Å². The summed E-state index contributed by atoms with van der Waals surface area (Å²) >= 11 is 0. The van der Waals surface area contributed by atoms with Crippen LogP contribution in [0.5, 0.6) is 5.75 Å². The van der Waals surface area contributed by atoms with Crippen molar-refractivity contribution in [2.24, 2.45) is 0 Å². The van der Waals surface area contributed by atoms with E-state index in [2.05, 4.69) is 0 Å². The molecule has 2 aromatic carbocycles. The highest BCUT2D eigenvalue weighted by Gasteiger charge is 2.23.